The topological polar surface area (TPSA) is 26.3 Å². The highest BCUT2D eigenvalue weighted by Crippen LogP contribution is 2.04. The highest BCUT2D eigenvalue weighted by molar-refractivity contribution is 5.68. The predicted octanol–water partition coefficient (Wildman–Crippen LogP) is 3.08. The lowest BCUT2D eigenvalue weighted by atomic mass is 10.1. The Morgan fingerprint density at radius 3 is 2.62 bits per heavy atom. The molecule has 0 rings (SSSR count). The minimum Gasteiger partial charge on any atom is -0.469 e. The van der Waals surface area contributed by atoms with Gasteiger partial charge in [-0.3, -0.25) is 4.79 Å². The quantitative estimate of drug-likeness (QED) is 0.345. The Bertz CT molecular complexity index is 150. The second-order valence-corrected chi connectivity index (χ2v) is 3.06. The first-order valence-corrected chi connectivity index (χ1v) is 5.03. The minimum absolute atomic E-state index is 0.0934. The SMILES string of the molecule is CC/C=C/CCCCCC(=O)OC. The van der Waals surface area contributed by atoms with Crippen molar-refractivity contribution in [2.45, 2.75) is 45.4 Å². The fourth-order valence-corrected chi connectivity index (χ4v) is 1.09. The fourth-order valence-electron chi connectivity index (χ4n) is 1.09. The van der Waals surface area contributed by atoms with Crippen LogP contribution in [0.15, 0.2) is 12.2 Å². The Hall–Kier alpha value is -0.790. The van der Waals surface area contributed by atoms with Gasteiger partial charge < -0.3 is 4.74 Å². The summed E-state index contributed by atoms with van der Waals surface area (Å²) in [4.78, 5) is 10.7. The molecule has 76 valence electrons. The van der Waals surface area contributed by atoms with Crippen molar-refractivity contribution in [1.29, 1.82) is 0 Å². The van der Waals surface area contributed by atoms with Crippen LogP contribution in [0, 0.1) is 0 Å². The van der Waals surface area contributed by atoms with Gasteiger partial charge in [-0.25, -0.2) is 0 Å². The number of methoxy groups -OCH3 is 1. The monoisotopic (exact) mass is 184 g/mol. The molecule has 0 saturated heterocycles. The van der Waals surface area contributed by atoms with Crippen LogP contribution in [-0.2, 0) is 9.53 Å². The van der Waals surface area contributed by atoms with Gasteiger partial charge in [0.1, 0.15) is 0 Å². The number of rotatable bonds is 7. The molecular weight excluding hydrogens is 164 g/mol. The molecule has 0 N–H and O–H groups in total. The molecular formula is C11H20O2. The first kappa shape index (κ1) is 12.2. The van der Waals surface area contributed by atoms with Gasteiger partial charge in [-0.1, -0.05) is 25.5 Å². The molecule has 0 aliphatic rings. The van der Waals surface area contributed by atoms with E-state index >= 15 is 0 Å². The summed E-state index contributed by atoms with van der Waals surface area (Å²) in [5.74, 6) is -0.0934. The molecule has 0 bridgehead atoms. The molecule has 0 saturated carbocycles. The standard InChI is InChI=1S/C11H20O2/c1-3-4-5-6-7-8-9-10-11(12)13-2/h4-5H,3,6-10H2,1-2H3/b5-4+. The zero-order chi connectivity index (χ0) is 9.94. The van der Waals surface area contributed by atoms with E-state index in [1.165, 1.54) is 13.5 Å². The van der Waals surface area contributed by atoms with Crippen LogP contribution in [0.2, 0.25) is 0 Å². The van der Waals surface area contributed by atoms with Gasteiger partial charge in [-0.05, 0) is 25.7 Å². The first-order valence-electron chi connectivity index (χ1n) is 5.03. The number of carbonyl (C=O) groups excluding carboxylic acids is 1. The number of allylic oxidation sites excluding steroid dienone is 2. The molecule has 0 aromatic carbocycles. The first-order chi connectivity index (χ1) is 6.31. The number of carbonyl (C=O) groups is 1. The second-order valence-electron chi connectivity index (χ2n) is 3.06. The molecule has 0 fully saturated rings. The molecule has 0 unspecified atom stereocenters. The van der Waals surface area contributed by atoms with E-state index in [0.29, 0.717) is 6.42 Å². The van der Waals surface area contributed by atoms with Crippen molar-refractivity contribution < 1.29 is 9.53 Å². The minimum atomic E-state index is -0.0934. The maximum Gasteiger partial charge on any atom is 0.305 e. The number of esters is 1. The maximum absolute atomic E-state index is 10.7. The normalized spacial score (nSPS) is 10.6. The lowest BCUT2D eigenvalue weighted by molar-refractivity contribution is -0.140. The Morgan fingerprint density at radius 1 is 1.23 bits per heavy atom. The van der Waals surface area contributed by atoms with Crippen LogP contribution in [0.5, 0.6) is 0 Å². The van der Waals surface area contributed by atoms with Crippen LogP contribution in [0.3, 0.4) is 0 Å². The van der Waals surface area contributed by atoms with Crippen molar-refractivity contribution in [3.63, 3.8) is 0 Å². The van der Waals surface area contributed by atoms with Crippen LogP contribution >= 0.6 is 0 Å². The van der Waals surface area contributed by atoms with Crippen molar-refractivity contribution in [3.8, 4) is 0 Å². The van der Waals surface area contributed by atoms with Gasteiger partial charge in [-0.15, -0.1) is 0 Å². The third kappa shape index (κ3) is 9.12. The van der Waals surface area contributed by atoms with Crippen molar-refractivity contribution >= 4 is 5.97 Å². The Morgan fingerprint density at radius 2 is 2.00 bits per heavy atom. The van der Waals surface area contributed by atoms with E-state index in [1.807, 2.05) is 0 Å². The average Bonchev–Trinajstić information content (AvgIpc) is 2.16. The molecule has 0 aliphatic heterocycles. The summed E-state index contributed by atoms with van der Waals surface area (Å²) in [6, 6.07) is 0. The van der Waals surface area contributed by atoms with Gasteiger partial charge in [0.2, 0.25) is 0 Å². The highest BCUT2D eigenvalue weighted by atomic mass is 16.5. The zero-order valence-electron chi connectivity index (χ0n) is 8.71. The summed E-state index contributed by atoms with van der Waals surface area (Å²) in [6.07, 6.45) is 10.4. The lowest BCUT2D eigenvalue weighted by Gasteiger charge is -1.97. The van der Waals surface area contributed by atoms with Crippen molar-refractivity contribution in [1.82, 2.24) is 0 Å². The van der Waals surface area contributed by atoms with Gasteiger partial charge >= 0.3 is 5.97 Å². The maximum atomic E-state index is 10.7. The fraction of sp³-hybridized carbons (Fsp3) is 0.727. The molecule has 0 aromatic rings. The van der Waals surface area contributed by atoms with Gasteiger partial charge in [0.05, 0.1) is 7.11 Å². The molecule has 13 heavy (non-hydrogen) atoms. The van der Waals surface area contributed by atoms with Gasteiger partial charge in [0.15, 0.2) is 0 Å². The largest absolute Gasteiger partial charge is 0.469 e. The van der Waals surface area contributed by atoms with E-state index in [-0.39, 0.29) is 5.97 Å². The Labute approximate surface area is 81.0 Å². The van der Waals surface area contributed by atoms with Crippen LogP contribution in [0.4, 0.5) is 0 Å². The molecule has 2 heteroatoms. The van der Waals surface area contributed by atoms with Crippen molar-refractivity contribution in [3.05, 3.63) is 12.2 Å². The van der Waals surface area contributed by atoms with Gasteiger partial charge in [-0.2, -0.15) is 0 Å². The van der Waals surface area contributed by atoms with E-state index in [1.54, 1.807) is 0 Å². The predicted molar refractivity (Wildman–Crippen MR) is 54.5 cm³/mol. The van der Waals surface area contributed by atoms with Crippen LogP contribution < -0.4 is 0 Å². The molecule has 0 atom stereocenters. The lowest BCUT2D eigenvalue weighted by Crippen LogP contribution is -1.98. The highest BCUT2D eigenvalue weighted by Gasteiger charge is 1.97. The molecule has 0 aliphatic carbocycles. The van der Waals surface area contributed by atoms with Gasteiger partial charge in [0.25, 0.3) is 0 Å². The van der Waals surface area contributed by atoms with Crippen molar-refractivity contribution in [2.24, 2.45) is 0 Å². The smallest absolute Gasteiger partial charge is 0.305 e. The number of unbranched alkanes of at least 4 members (excludes halogenated alkanes) is 3. The van der Waals surface area contributed by atoms with Crippen LogP contribution in [0.1, 0.15) is 45.4 Å². The molecule has 2 nitrogen and oxygen atoms in total. The van der Waals surface area contributed by atoms with Crippen LogP contribution in [0.25, 0.3) is 0 Å². The van der Waals surface area contributed by atoms with E-state index in [2.05, 4.69) is 23.8 Å². The Balaban J connectivity index is 3.08. The summed E-state index contributed by atoms with van der Waals surface area (Å²) in [6.45, 7) is 2.13. The molecule has 0 spiro atoms. The summed E-state index contributed by atoms with van der Waals surface area (Å²) in [5, 5.41) is 0. The number of ether oxygens (including phenoxy) is 1. The van der Waals surface area contributed by atoms with Gasteiger partial charge in [0, 0.05) is 6.42 Å². The van der Waals surface area contributed by atoms with Crippen molar-refractivity contribution in [2.75, 3.05) is 7.11 Å². The molecule has 0 aromatic heterocycles. The van der Waals surface area contributed by atoms with Crippen LogP contribution in [-0.4, -0.2) is 13.1 Å². The summed E-state index contributed by atoms with van der Waals surface area (Å²) in [7, 11) is 1.44. The third-order valence-corrected chi connectivity index (χ3v) is 1.88. The van der Waals surface area contributed by atoms with E-state index < -0.39 is 0 Å². The zero-order valence-corrected chi connectivity index (χ0v) is 8.71. The molecule has 0 heterocycles. The third-order valence-electron chi connectivity index (χ3n) is 1.88. The summed E-state index contributed by atoms with van der Waals surface area (Å²) >= 11 is 0. The summed E-state index contributed by atoms with van der Waals surface area (Å²) in [5.41, 5.74) is 0. The number of hydrogen-bond acceptors (Lipinski definition) is 2. The summed E-state index contributed by atoms with van der Waals surface area (Å²) < 4.78 is 4.54. The van der Waals surface area contributed by atoms with E-state index in [0.717, 1.165) is 25.7 Å². The Kier molecular flexibility index (Phi) is 8.73. The molecule has 0 radical (unpaired) electrons. The van der Waals surface area contributed by atoms with E-state index in [4.69, 9.17) is 0 Å². The van der Waals surface area contributed by atoms with E-state index in [9.17, 15) is 4.79 Å². The molecule has 0 amide bonds. The second kappa shape index (κ2) is 9.30. The number of hydrogen-bond donors (Lipinski definition) is 0. The average molecular weight is 184 g/mol.